The maximum Gasteiger partial charge on any atom is 0.238 e. The minimum atomic E-state index is -0.499. The van der Waals surface area contributed by atoms with Crippen molar-refractivity contribution in [3.05, 3.63) is 60.7 Å². The second-order valence-electron chi connectivity index (χ2n) is 6.99. The van der Waals surface area contributed by atoms with Crippen molar-refractivity contribution >= 4 is 56.9 Å². The summed E-state index contributed by atoms with van der Waals surface area (Å²) in [7, 11) is 1.56. The van der Waals surface area contributed by atoms with Gasteiger partial charge < -0.3 is 19.8 Å². The fourth-order valence-corrected chi connectivity index (χ4v) is 4.73. The van der Waals surface area contributed by atoms with Crippen LogP contribution in [0.2, 0.25) is 0 Å². The summed E-state index contributed by atoms with van der Waals surface area (Å²) in [5.41, 5.74) is 2.72. The second-order valence-corrected chi connectivity index (χ2v) is 8.24. The third kappa shape index (κ3) is 3.27. The van der Waals surface area contributed by atoms with E-state index in [2.05, 4.69) is 10.6 Å². The van der Waals surface area contributed by atoms with Crippen LogP contribution in [0.4, 0.5) is 11.4 Å². The van der Waals surface area contributed by atoms with E-state index in [9.17, 15) is 9.59 Å². The standard InChI is InChI=1S/C23H18N2O4S/c1-28-19-10-14-13-6-2-4-8-17(13)29-18(14)11-16(19)24-22(26)12-21-23(27)25-15-7-3-5-9-20(15)30-21/h2-11,21H,12H2,1H3,(H,24,26)(H,25,27). The highest BCUT2D eigenvalue weighted by Crippen LogP contribution is 2.38. The van der Waals surface area contributed by atoms with Crippen molar-refractivity contribution in [1.82, 2.24) is 0 Å². The number of amides is 2. The topological polar surface area (TPSA) is 80.6 Å². The predicted molar refractivity (Wildman–Crippen MR) is 118 cm³/mol. The highest BCUT2D eigenvalue weighted by molar-refractivity contribution is 8.01. The van der Waals surface area contributed by atoms with Crippen molar-refractivity contribution in [1.29, 1.82) is 0 Å². The molecule has 0 radical (unpaired) electrons. The molecule has 6 nitrogen and oxygen atoms in total. The molecule has 1 unspecified atom stereocenters. The summed E-state index contributed by atoms with van der Waals surface area (Å²) in [6, 6.07) is 18.9. The van der Waals surface area contributed by atoms with E-state index in [1.807, 2.05) is 54.6 Å². The number of carbonyl (C=O) groups is 2. The van der Waals surface area contributed by atoms with E-state index in [1.165, 1.54) is 11.8 Å². The third-order valence-corrected chi connectivity index (χ3v) is 6.33. The maximum absolute atomic E-state index is 12.7. The van der Waals surface area contributed by atoms with Gasteiger partial charge in [-0.2, -0.15) is 0 Å². The lowest BCUT2D eigenvalue weighted by Gasteiger charge is -2.23. The van der Waals surface area contributed by atoms with Crippen LogP contribution >= 0.6 is 11.8 Å². The monoisotopic (exact) mass is 418 g/mol. The van der Waals surface area contributed by atoms with Gasteiger partial charge in [-0.3, -0.25) is 9.59 Å². The molecule has 1 aliphatic heterocycles. The molecule has 0 fully saturated rings. The molecule has 150 valence electrons. The van der Waals surface area contributed by atoms with Crippen LogP contribution in [0.3, 0.4) is 0 Å². The number of para-hydroxylation sites is 2. The van der Waals surface area contributed by atoms with Crippen LogP contribution in [0.25, 0.3) is 21.9 Å². The van der Waals surface area contributed by atoms with Crippen molar-refractivity contribution in [2.45, 2.75) is 16.6 Å². The van der Waals surface area contributed by atoms with Crippen LogP contribution < -0.4 is 15.4 Å². The zero-order valence-electron chi connectivity index (χ0n) is 16.1. The van der Waals surface area contributed by atoms with Gasteiger partial charge in [0.15, 0.2) is 0 Å². The molecule has 4 aromatic rings. The number of methoxy groups -OCH3 is 1. The van der Waals surface area contributed by atoms with Gasteiger partial charge in [-0.15, -0.1) is 11.8 Å². The van der Waals surface area contributed by atoms with Crippen LogP contribution in [-0.2, 0) is 9.59 Å². The Morgan fingerprint density at radius 2 is 1.90 bits per heavy atom. The van der Waals surface area contributed by atoms with E-state index in [0.29, 0.717) is 17.0 Å². The van der Waals surface area contributed by atoms with E-state index >= 15 is 0 Å². The number of hydrogen-bond donors (Lipinski definition) is 2. The summed E-state index contributed by atoms with van der Waals surface area (Å²) in [4.78, 5) is 26.1. The number of ether oxygens (including phenoxy) is 1. The third-order valence-electron chi connectivity index (χ3n) is 5.05. The van der Waals surface area contributed by atoms with E-state index < -0.39 is 5.25 Å². The molecule has 7 heteroatoms. The molecule has 2 amide bonds. The van der Waals surface area contributed by atoms with E-state index in [4.69, 9.17) is 9.15 Å². The first-order valence-corrected chi connectivity index (χ1v) is 10.4. The molecule has 0 bridgehead atoms. The fourth-order valence-electron chi connectivity index (χ4n) is 3.61. The van der Waals surface area contributed by atoms with Crippen molar-refractivity contribution in [3.63, 3.8) is 0 Å². The number of hydrogen-bond acceptors (Lipinski definition) is 5. The predicted octanol–water partition coefficient (Wildman–Crippen LogP) is 5.04. The van der Waals surface area contributed by atoms with Gasteiger partial charge in [0.25, 0.3) is 0 Å². The average molecular weight is 418 g/mol. The summed E-state index contributed by atoms with van der Waals surface area (Å²) >= 11 is 1.40. The van der Waals surface area contributed by atoms with Crippen LogP contribution in [0.1, 0.15) is 6.42 Å². The first-order valence-electron chi connectivity index (χ1n) is 9.48. The number of rotatable bonds is 4. The molecular formula is C23H18N2O4S. The van der Waals surface area contributed by atoms with Gasteiger partial charge in [0.05, 0.1) is 23.7 Å². The van der Waals surface area contributed by atoms with E-state index in [-0.39, 0.29) is 18.2 Å². The Bertz CT molecular complexity index is 1300. The number of thioether (sulfide) groups is 1. The smallest absolute Gasteiger partial charge is 0.238 e. The molecule has 30 heavy (non-hydrogen) atoms. The van der Waals surface area contributed by atoms with Crippen molar-refractivity contribution < 1.29 is 18.7 Å². The molecule has 3 aromatic carbocycles. The van der Waals surface area contributed by atoms with Gasteiger partial charge in [0.2, 0.25) is 11.8 Å². The Labute approximate surface area is 176 Å². The molecule has 2 N–H and O–H groups in total. The lowest BCUT2D eigenvalue weighted by Crippen LogP contribution is -2.32. The number of anilines is 2. The highest BCUT2D eigenvalue weighted by atomic mass is 32.2. The molecule has 5 rings (SSSR count). The maximum atomic E-state index is 12.7. The van der Waals surface area contributed by atoms with Crippen LogP contribution in [-0.4, -0.2) is 24.2 Å². The summed E-state index contributed by atoms with van der Waals surface area (Å²) in [6.45, 7) is 0. The Kier molecular flexibility index (Phi) is 4.59. The quantitative estimate of drug-likeness (QED) is 0.486. The zero-order valence-corrected chi connectivity index (χ0v) is 16.9. The normalized spacial score (nSPS) is 15.6. The number of carbonyl (C=O) groups excluding carboxylic acids is 2. The van der Waals surface area contributed by atoms with Crippen molar-refractivity contribution in [2.75, 3.05) is 17.7 Å². The SMILES string of the molecule is COc1cc2c(cc1NC(=O)CC1Sc3ccccc3NC1=O)oc1ccccc12. The fraction of sp³-hybridized carbons (Fsp3) is 0.130. The first kappa shape index (κ1) is 18.6. The molecule has 0 spiro atoms. The Morgan fingerprint density at radius 3 is 2.77 bits per heavy atom. The molecule has 1 aliphatic rings. The van der Waals surface area contributed by atoms with Gasteiger partial charge in [0, 0.05) is 28.2 Å². The Balaban J connectivity index is 1.39. The van der Waals surface area contributed by atoms with Gasteiger partial charge in [0.1, 0.15) is 16.9 Å². The summed E-state index contributed by atoms with van der Waals surface area (Å²) < 4.78 is 11.4. The molecule has 1 aromatic heterocycles. The largest absolute Gasteiger partial charge is 0.495 e. The minimum absolute atomic E-state index is 0.0478. The lowest BCUT2D eigenvalue weighted by molar-refractivity contribution is -0.120. The number of nitrogens with one attached hydrogen (secondary N) is 2. The summed E-state index contributed by atoms with van der Waals surface area (Å²) in [5, 5.41) is 7.13. The average Bonchev–Trinajstić information content (AvgIpc) is 3.11. The van der Waals surface area contributed by atoms with E-state index in [0.717, 1.165) is 26.9 Å². The highest BCUT2D eigenvalue weighted by Gasteiger charge is 2.29. The minimum Gasteiger partial charge on any atom is -0.495 e. The van der Waals surface area contributed by atoms with Crippen molar-refractivity contribution in [2.24, 2.45) is 0 Å². The molecule has 0 aliphatic carbocycles. The van der Waals surface area contributed by atoms with E-state index in [1.54, 1.807) is 13.2 Å². The number of furan rings is 1. The Hall–Kier alpha value is -3.45. The van der Waals surface area contributed by atoms with Gasteiger partial charge in [-0.1, -0.05) is 30.3 Å². The summed E-state index contributed by atoms with van der Waals surface area (Å²) in [5.74, 6) is 0.0952. The Morgan fingerprint density at radius 1 is 1.10 bits per heavy atom. The second kappa shape index (κ2) is 7.42. The number of fused-ring (bicyclic) bond motifs is 4. The molecule has 0 saturated heterocycles. The van der Waals surface area contributed by atoms with Crippen molar-refractivity contribution in [3.8, 4) is 5.75 Å². The first-order chi connectivity index (χ1) is 14.6. The number of benzene rings is 3. The van der Waals surface area contributed by atoms with Crippen LogP contribution in [0.15, 0.2) is 70.0 Å². The van der Waals surface area contributed by atoms with Gasteiger partial charge in [-0.25, -0.2) is 0 Å². The zero-order chi connectivity index (χ0) is 20.7. The van der Waals surface area contributed by atoms with Gasteiger partial charge in [-0.05, 0) is 24.3 Å². The molecule has 0 saturated carbocycles. The molecule has 1 atom stereocenters. The lowest BCUT2D eigenvalue weighted by atomic mass is 10.1. The van der Waals surface area contributed by atoms with Crippen LogP contribution in [0.5, 0.6) is 5.75 Å². The molecule has 2 heterocycles. The molecular weight excluding hydrogens is 400 g/mol. The van der Waals surface area contributed by atoms with Gasteiger partial charge >= 0.3 is 0 Å². The summed E-state index contributed by atoms with van der Waals surface area (Å²) in [6.07, 6.45) is 0.0478. The van der Waals surface area contributed by atoms with Crippen LogP contribution in [0, 0.1) is 0 Å².